The van der Waals surface area contributed by atoms with Crippen molar-refractivity contribution in [3.05, 3.63) is 42.6 Å². The number of aromatic nitrogens is 2. The highest BCUT2D eigenvalue weighted by atomic mass is 16.4. The van der Waals surface area contributed by atoms with E-state index in [9.17, 15) is 5.11 Å². The summed E-state index contributed by atoms with van der Waals surface area (Å²) in [7, 11) is 0. The van der Waals surface area contributed by atoms with Gasteiger partial charge < -0.3 is 14.8 Å². The maximum absolute atomic E-state index is 9.81. The van der Waals surface area contributed by atoms with Crippen LogP contribution in [0.15, 0.2) is 41.3 Å². The molecule has 2 heterocycles. The minimum atomic E-state index is -0.606. The number of nitrogens with one attached hydrogen (secondary N) is 1. The lowest BCUT2D eigenvalue weighted by molar-refractivity contribution is 0.143. The molecule has 2 aromatic rings. The maximum atomic E-state index is 9.81. The van der Waals surface area contributed by atoms with E-state index in [0.29, 0.717) is 12.3 Å². The zero-order valence-corrected chi connectivity index (χ0v) is 9.78. The Morgan fingerprint density at radius 1 is 1.53 bits per heavy atom. The van der Waals surface area contributed by atoms with Crippen LogP contribution >= 0.6 is 0 Å². The summed E-state index contributed by atoms with van der Waals surface area (Å²) < 4.78 is 6.98. The standard InChI is InChI=1S/C12H17N3O2/c1-10(9-15-6-3-5-14-15)13-8-11(16)12-4-2-7-17-12/h2-7,10-11,13,16H,8-9H2,1H3. The SMILES string of the molecule is CC(Cn1cccn1)NCC(O)c1ccco1. The summed E-state index contributed by atoms with van der Waals surface area (Å²) in [5.41, 5.74) is 0. The van der Waals surface area contributed by atoms with Gasteiger partial charge in [-0.2, -0.15) is 5.10 Å². The molecule has 0 saturated carbocycles. The predicted octanol–water partition coefficient (Wildman–Crippen LogP) is 1.19. The monoisotopic (exact) mass is 235 g/mol. The molecule has 0 saturated heterocycles. The van der Waals surface area contributed by atoms with Crippen LogP contribution in [0.2, 0.25) is 0 Å². The molecule has 0 radical (unpaired) electrons. The molecule has 0 aliphatic carbocycles. The molecule has 0 aromatic carbocycles. The van der Waals surface area contributed by atoms with Gasteiger partial charge in [0.2, 0.25) is 0 Å². The van der Waals surface area contributed by atoms with Gasteiger partial charge in [0.25, 0.3) is 0 Å². The molecule has 2 N–H and O–H groups in total. The Morgan fingerprint density at radius 2 is 2.41 bits per heavy atom. The third kappa shape index (κ3) is 3.44. The minimum Gasteiger partial charge on any atom is -0.467 e. The molecule has 17 heavy (non-hydrogen) atoms. The van der Waals surface area contributed by atoms with Gasteiger partial charge in [-0.25, -0.2) is 0 Å². The molecule has 0 amide bonds. The van der Waals surface area contributed by atoms with Crippen molar-refractivity contribution in [1.82, 2.24) is 15.1 Å². The Bertz CT molecular complexity index is 411. The quantitative estimate of drug-likeness (QED) is 0.789. The molecule has 5 nitrogen and oxygen atoms in total. The topological polar surface area (TPSA) is 63.2 Å². The Labute approximate surface area is 100 Å². The van der Waals surface area contributed by atoms with Crippen molar-refractivity contribution in [2.24, 2.45) is 0 Å². The smallest absolute Gasteiger partial charge is 0.133 e. The minimum absolute atomic E-state index is 0.236. The highest BCUT2D eigenvalue weighted by Gasteiger charge is 2.11. The van der Waals surface area contributed by atoms with Gasteiger partial charge in [-0.05, 0) is 25.1 Å². The number of aliphatic hydroxyl groups excluding tert-OH is 1. The van der Waals surface area contributed by atoms with E-state index >= 15 is 0 Å². The number of furan rings is 1. The van der Waals surface area contributed by atoms with Crippen LogP contribution in [-0.2, 0) is 6.54 Å². The van der Waals surface area contributed by atoms with Crippen molar-refractivity contribution >= 4 is 0 Å². The fourth-order valence-corrected chi connectivity index (χ4v) is 1.65. The highest BCUT2D eigenvalue weighted by Crippen LogP contribution is 2.11. The van der Waals surface area contributed by atoms with E-state index in [-0.39, 0.29) is 6.04 Å². The molecule has 0 fully saturated rings. The van der Waals surface area contributed by atoms with Gasteiger partial charge in [0.15, 0.2) is 0 Å². The third-order valence-corrected chi connectivity index (χ3v) is 2.55. The first kappa shape index (κ1) is 11.9. The van der Waals surface area contributed by atoms with E-state index in [0.717, 1.165) is 6.54 Å². The number of rotatable bonds is 6. The second-order valence-corrected chi connectivity index (χ2v) is 4.07. The molecular weight excluding hydrogens is 218 g/mol. The lowest BCUT2D eigenvalue weighted by Gasteiger charge is -2.16. The molecule has 0 bridgehead atoms. The molecular formula is C12H17N3O2. The van der Waals surface area contributed by atoms with Crippen LogP contribution in [0.1, 0.15) is 18.8 Å². The lowest BCUT2D eigenvalue weighted by Crippen LogP contribution is -2.33. The van der Waals surface area contributed by atoms with E-state index in [4.69, 9.17) is 4.42 Å². The fourth-order valence-electron chi connectivity index (χ4n) is 1.65. The Hall–Kier alpha value is -1.59. The van der Waals surface area contributed by atoms with E-state index in [1.165, 1.54) is 0 Å². The van der Waals surface area contributed by atoms with E-state index in [2.05, 4.69) is 17.3 Å². The first-order chi connectivity index (χ1) is 8.25. The Morgan fingerprint density at radius 3 is 3.06 bits per heavy atom. The third-order valence-electron chi connectivity index (χ3n) is 2.55. The summed E-state index contributed by atoms with van der Waals surface area (Å²) in [6.45, 7) is 3.30. The molecule has 0 aliphatic heterocycles. The van der Waals surface area contributed by atoms with Gasteiger partial charge in [0.05, 0.1) is 12.8 Å². The van der Waals surface area contributed by atoms with Crippen molar-refractivity contribution in [3.63, 3.8) is 0 Å². The summed E-state index contributed by atoms with van der Waals surface area (Å²) in [4.78, 5) is 0. The lowest BCUT2D eigenvalue weighted by atomic mass is 10.2. The van der Waals surface area contributed by atoms with Crippen LogP contribution in [0.4, 0.5) is 0 Å². The molecule has 5 heteroatoms. The highest BCUT2D eigenvalue weighted by molar-refractivity contribution is 5.02. The predicted molar refractivity (Wildman–Crippen MR) is 63.4 cm³/mol. The van der Waals surface area contributed by atoms with Crippen LogP contribution in [0, 0.1) is 0 Å². The fraction of sp³-hybridized carbons (Fsp3) is 0.417. The summed E-state index contributed by atoms with van der Waals surface area (Å²) in [5, 5.41) is 17.2. The molecule has 0 aliphatic rings. The van der Waals surface area contributed by atoms with Crippen LogP contribution in [0.25, 0.3) is 0 Å². The first-order valence-electron chi connectivity index (χ1n) is 5.68. The normalized spacial score (nSPS) is 14.7. The van der Waals surface area contributed by atoms with Crippen LogP contribution in [0.5, 0.6) is 0 Å². The Kier molecular flexibility index (Phi) is 3.95. The van der Waals surface area contributed by atoms with Crippen molar-refractivity contribution in [2.75, 3.05) is 6.54 Å². The second kappa shape index (κ2) is 5.65. The number of nitrogens with zero attached hydrogens (tertiary/aromatic N) is 2. The van der Waals surface area contributed by atoms with Crippen molar-refractivity contribution in [1.29, 1.82) is 0 Å². The van der Waals surface area contributed by atoms with E-state index in [1.54, 1.807) is 24.6 Å². The second-order valence-electron chi connectivity index (χ2n) is 4.07. The van der Waals surface area contributed by atoms with Gasteiger partial charge in [-0.1, -0.05) is 0 Å². The van der Waals surface area contributed by atoms with Gasteiger partial charge in [-0.3, -0.25) is 4.68 Å². The molecule has 2 atom stereocenters. The zero-order chi connectivity index (χ0) is 12.1. The summed E-state index contributed by atoms with van der Waals surface area (Å²) in [5.74, 6) is 0.587. The zero-order valence-electron chi connectivity index (χ0n) is 9.78. The van der Waals surface area contributed by atoms with E-state index < -0.39 is 6.10 Å². The maximum Gasteiger partial charge on any atom is 0.133 e. The molecule has 2 rings (SSSR count). The van der Waals surface area contributed by atoms with E-state index in [1.807, 2.05) is 16.9 Å². The summed E-state index contributed by atoms with van der Waals surface area (Å²) >= 11 is 0. The summed E-state index contributed by atoms with van der Waals surface area (Å²) in [6, 6.07) is 5.67. The van der Waals surface area contributed by atoms with Crippen LogP contribution in [-0.4, -0.2) is 27.5 Å². The van der Waals surface area contributed by atoms with Gasteiger partial charge >= 0.3 is 0 Å². The average molecular weight is 235 g/mol. The number of hydrogen-bond donors (Lipinski definition) is 2. The Balaban J connectivity index is 1.74. The van der Waals surface area contributed by atoms with Crippen LogP contribution in [0.3, 0.4) is 0 Å². The first-order valence-corrected chi connectivity index (χ1v) is 5.68. The van der Waals surface area contributed by atoms with Crippen molar-refractivity contribution in [3.8, 4) is 0 Å². The number of hydrogen-bond acceptors (Lipinski definition) is 4. The van der Waals surface area contributed by atoms with Crippen LogP contribution < -0.4 is 5.32 Å². The molecule has 0 spiro atoms. The van der Waals surface area contributed by atoms with Gasteiger partial charge in [0.1, 0.15) is 11.9 Å². The molecule has 2 unspecified atom stereocenters. The van der Waals surface area contributed by atoms with Crippen molar-refractivity contribution in [2.45, 2.75) is 25.6 Å². The summed E-state index contributed by atoms with van der Waals surface area (Å²) in [6.07, 6.45) is 4.63. The average Bonchev–Trinajstić information content (AvgIpc) is 2.97. The van der Waals surface area contributed by atoms with Crippen molar-refractivity contribution < 1.29 is 9.52 Å². The van der Waals surface area contributed by atoms with Gasteiger partial charge in [0, 0.05) is 25.0 Å². The number of aliphatic hydroxyl groups is 1. The molecule has 92 valence electrons. The van der Waals surface area contributed by atoms with Gasteiger partial charge in [-0.15, -0.1) is 0 Å². The largest absolute Gasteiger partial charge is 0.467 e. The molecule has 2 aromatic heterocycles.